The molecule has 0 amide bonds. The van der Waals surface area contributed by atoms with Crippen LogP contribution in [0, 0.1) is 0 Å². The van der Waals surface area contributed by atoms with Crippen molar-refractivity contribution >= 4 is 16.2 Å². The first kappa shape index (κ1) is 17.1. The van der Waals surface area contributed by atoms with Gasteiger partial charge in [-0.1, -0.05) is 19.4 Å². The summed E-state index contributed by atoms with van der Waals surface area (Å²) in [7, 11) is -12.4. The van der Waals surface area contributed by atoms with Gasteiger partial charge in [0, 0.05) is 0 Å². The summed E-state index contributed by atoms with van der Waals surface area (Å²) in [6, 6.07) is 0. The van der Waals surface area contributed by atoms with Crippen LogP contribution in [0.25, 0.3) is 0 Å². The fraction of sp³-hybridized carbons (Fsp3) is 0.750. The molecule has 2 nitrogen and oxygen atoms in total. The maximum atomic E-state index is 12.1. The predicted octanol–water partition coefficient (Wildman–Crippen LogP) is 2.90. The van der Waals surface area contributed by atoms with Crippen molar-refractivity contribution in [3.05, 3.63) is 0 Å². The number of alkyl halides is 6. The Bertz CT molecular complexity index is 378. The number of carbonyl (C=O) groups excluding carboxylic acids is 1. The van der Waals surface area contributed by atoms with E-state index in [4.69, 9.17) is 0 Å². The van der Waals surface area contributed by atoms with Gasteiger partial charge in [0.05, 0.1) is 0 Å². The molecule has 0 atom stereocenters. The van der Waals surface area contributed by atoms with Crippen LogP contribution in [-0.4, -0.2) is 23.1 Å². The summed E-state index contributed by atoms with van der Waals surface area (Å²) in [4.78, 5) is 9.38. The lowest BCUT2D eigenvalue weighted by atomic mass is 10.2. The van der Waals surface area contributed by atoms with Gasteiger partial charge in [-0.3, -0.25) is 0 Å². The second-order valence-electron chi connectivity index (χ2n) is 2.92. The smallest absolute Gasteiger partial charge is 0.450 e. The van der Waals surface area contributed by atoms with Gasteiger partial charge in [0.2, 0.25) is 0 Å². The predicted molar refractivity (Wildman–Crippen MR) is 33.0 cm³/mol. The first-order valence-corrected chi connectivity index (χ1v) is 5.22. The lowest BCUT2D eigenvalue weighted by Crippen LogP contribution is -2.64. The van der Waals surface area contributed by atoms with Gasteiger partial charge in [-0.2, -0.15) is 26.3 Å². The lowest BCUT2D eigenvalue weighted by Gasteiger charge is -2.49. The zero-order valence-electron chi connectivity index (χ0n) is 7.38. The van der Waals surface area contributed by atoms with Gasteiger partial charge in [0.15, 0.2) is 0 Å². The van der Waals surface area contributed by atoms with E-state index >= 15 is 0 Å². The van der Waals surface area contributed by atoms with Crippen molar-refractivity contribution in [3.63, 3.8) is 0 Å². The van der Waals surface area contributed by atoms with Crippen LogP contribution in [0.2, 0.25) is 0 Å². The molecule has 0 saturated carbocycles. The number of carbonyl (C=O) groups is 1. The molecule has 0 aliphatic heterocycles. The quantitative estimate of drug-likeness (QED) is 0.747. The summed E-state index contributed by atoms with van der Waals surface area (Å²) in [5.74, 6) is -19.5. The van der Waals surface area contributed by atoms with E-state index in [0.717, 1.165) is 0 Å². The van der Waals surface area contributed by atoms with Gasteiger partial charge in [-0.15, -0.1) is 0 Å². The molecule has 0 aromatic carbocycles. The lowest BCUT2D eigenvalue weighted by molar-refractivity contribution is -0.362. The molecule has 0 aromatic rings. The molecule has 0 saturated heterocycles. The topological polar surface area (TPSA) is 40.1 Å². The minimum absolute atomic E-state index is 4.37. The summed E-state index contributed by atoms with van der Waals surface area (Å²) < 4.78 is 130. The fourth-order valence-electron chi connectivity index (χ4n) is 0.553. The number of halogens is 11. The average molecular weight is 321 g/mol. The third-order valence-corrected chi connectivity index (χ3v) is 2.73. The van der Waals surface area contributed by atoms with E-state index in [0.29, 0.717) is 0 Å². The maximum Gasteiger partial charge on any atom is 0.450 e. The normalized spacial score (nSPS) is 19.1. The Morgan fingerprint density at radius 1 is 0.833 bits per heavy atom. The van der Waals surface area contributed by atoms with Crippen LogP contribution in [0.15, 0.2) is 0 Å². The summed E-state index contributed by atoms with van der Waals surface area (Å²) >= 11 is 0. The molecule has 0 N–H and O–H groups in total. The average Bonchev–Trinajstić information content (AvgIpc) is 1.97. The number of rotatable bonds is 4. The van der Waals surface area contributed by atoms with Crippen LogP contribution >= 0.6 is 10.2 Å². The molecule has 0 heterocycles. The number of aliphatic carboxylic acids is 1. The molecule has 0 spiro atoms. The molecule has 18 heavy (non-hydrogen) atoms. The van der Waals surface area contributed by atoms with E-state index in [1.165, 1.54) is 0 Å². The monoisotopic (exact) mass is 321 g/mol. The van der Waals surface area contributed by atoms with Crippen LogP contribution < -0.4 is 5.11 Å². The third kappa shape index (κ3) is 2.05. The van der Waals surface area contributed by atoms with E-state index in [2.05, 4.69) is 0 Å². The minimum atomic E-state index is -12.4. The number of carboxylic acids is 1. The Balaban J connectivity index is 6.19. The summed E-state index contributed by atoms with van der Waals surface area (Å²) in [5, 5.41) is 0.831. The highest BCUT2D eigenvalue weighted by Crippen LogP contribution is 3.06. The van der Waals surface area contributed by atoms with Crippen molar-refractivity contribution < 1.29 is 55.7 Å². The van der Waals surface area contributed by atoms with Gasteiger partial charge in [0.25, 0.3) is 0 Å². The number of hydrogen-bond acceptors (Lipinski definition) is 2. The molecule has 112 valence electrons. The highest BCUT2D eigenvalue weighted by atomic mass is 32.5. The van der Waals surface area contributed by atoms with Gasteiger partial charge >= 0.3 is 27.3 Å². The summed E-state index contributed by atoms with van der Waals surface area (Å²) in [6.07, 6.45) is 0. The van der Waals surface area contributed by atoms with Crippen molar-refractivity contribution in [3.8, 4) is 0 Å². The van der Waals surface area contributed by atoms with E-state index < -0.39 is 33.3 Å². The van der Waals surface area contributed by atoms with E-state index in [-0.39, 0.29) is 0 Å². The standard InChI is InChI=1S/C4HF11O2S/c5-2(6,1(16)17)3(7,8)4(9,10)18(11,12,13,14)15/h(H,16,17)/p-1. The molecule has 0 radical (unpaired) electrons. The zero-order valence-corrected chi connectivity index (χ0v) is 8.20. The Labute approximate surface area is 90.1 Å². The first-order chi connectivity index (χ1) is 7.19. The molecule has 0 unspecified atom stereocenters. The van der Waals surface area contributed by atoms with Crippen molar-refractivity contribution in [1.29, 1.82) is 0 Å². The Kier molecular flexibility index (Phi) is 2.80. The molecular weight excluding hydrogens is 321 g/mol. The van der Waals surface area contributed by atoms with Crippen molar-refractivity contribution in [1.82, 2.24) is 0 Å². The zero-order chi connectivity index (χ0) is 15.5. The summed E-state index contributed by atoms with van der Waals surface area (Å²) in [5.41, 5.74) is 0. The maximum absolute atomic E-state index is 12.4. The summed E-state index contributed by atoms with van der Waals surface area (Å²) in [6.45, 7) is 0. The Morgan fingerprint density at radius 2 is 1.11 bits per heavy atom. The highest BCUT2D eigenvalue weighted by molar-refractivity contribution is 8.46. The van der Waals surface area contributed by atoms with Crippen molar-refractivity contribution in [2.45, 2.75) is 17.1 Å². The van der Waals surface area contributed by atoms with Gasteiger partial charge in [-0.25, -0.2) is 0 Å². The second kappa shape index (κ2) is 2.96. The molecule has 0 rings (SSSR count). The third-order valence-electron chi connectivity index (χ3n) is 1.50. The van der Waals surface area contributed by atoms with Gasteiger partial charge in [-0.05, 0) is 0 Å². The highest BCUT2D eigenvalue weighted by Gasteiger charge is 2.95. The molecule has 0 aromatic heterocycles. The van der Waals surface area contributed by atoms with Crippen LogP contribution in [0.1, 0.15) is 0 Å². The number of carboxylic acid groups (broad SMARTS) is 1. The molecular formula is C4F11O2S-. The first-order valence-electron chi connectivity index (χ1n) is 3.27. The molecule has 0 bridgehead atoms. The van der Waals surface area contributed by atoms with Crippen LogP contribution in [0.5, 0.6) is 0 Å². The van der Waals surface area contributed by atoms with E-state index in [1.807, 2.05) is 0 Å². The van der Waals surface area contributed by atoms with Crippen LogP contribution in [0.3, 0.4) is 0 Å². The SMILES string of the molecule is O=C([O-])C(F)(F)C(F)(F)C(F)(F)S(F)(F)(F)(F)F. The fourth-order valence-corrected chi connectivity index (χ4v) is 1.17. The number of hydrogen-bond donors (Lipinski definition) is 0. The molecule has 0 aliphatic carbocycles. The van der Waals surface area contributed by atoms with Crippen LogP contribution in [-0.2, 0) is 4.79 Å². The Morgan fingerprint density at radius 3 is 1.28 bits per heavy atom. The largest absolute Gasteiger partial charge is 0.544 e. The van der Waals surface area contributed by atoms with Gasteiger partial charge < -0.3 is 9.90 Å². The van der Waals surface area contributed by atoms with Crippen LogP contribution in [0.4, 0.5) is 45.8 Å². The molecule has 0 aliphatic rings. The Hall–Kier alpha value is -0.950. The molecule has 14 heteroatoms. The molecule has 0 fully saturated rings. The van der Waals surface area contributed by atoms with E-state index in [1.54, 1.807) is 0 Å². The second-order valence-corrected chi connectivity index (χ2v) is 5.37. The van der Waals surface area contributed by atoms with Gasteiger partial charge in [0.1, 0.15) is 5.97 Å². The van der Waals surface area contributed by atoms with E-state index in [9.17, 15) is 55.7 Å². The van der Waals surface area contributed by atoms with Crippen molar-refractivity contribution in [2.24, 2.45) is 0 Å². The van der Waals surface area contributed by atoms with Crippen molar-refractivity contribution in [2.75, 3.05) is 0 Å². The minimum Gasteiger partial charge on any atom is -0.544 e.